The number of amides is 2. The lowest BCUT2D eigenvalue weighted by Gasteiger charge is -2.13. The van der Waals surface area contributed by atoms with Crippen molar-refractivity contribution in [3.8, 4) is 22.8 Å². The number of nitrogens with one attached hydrogen (secondary N) is 1. The van der Waals surface area contributed by atoms with Crippen LogP contribution in [0.2, 0.25) is 0 Å². The summed E-state index contributed by atoms with van der Waals surface area (Å²) < 4.78 is 17.5. The summed E-state index contributed by atoms with van der Waals surface area (Å²) in [5, 5.41) is 6.77. The Labute approximate surface area is 219 Å². The Morgan fingerprint density at radius 1 is 0.973 bits per heavy atom. The number of hydrogen-bond donors (Lipinski definition) is 1. The van der Waals surface area contributed by atoms with Crippen LogP contribution in [0, 0.1) is 0 Å². The predicted molar refractivity (Wildman–Crippen MR) is 144 cm³/mol. The van der Waals surface area contributed by atoms with E-state index < -0.39 is 5.25 Å². The zero-order chi connectivity index (χ0) is 25.6. The molecule has 1 fully saturated rings. The van der Waals surface area contributed by atoms with Crippen LogP contribution in [0.5, 0.6) is 11.5 Å². The highest BCUT2D eigenvalue weighted by molar-refractivity contribution is 8.15. The minimum atomic E-state index is -0.517. The monoisotopic (exact) mass is 516 g/mol. The fraction of sp³-hybridized carbons (Fsp3) is 0.276. The summed E-state index contributed by atoms with van der Waals surface area (Å²) in [5.74, 6) is 1.30. The zero-order valence-corrected chi connectivity index (χ0v) is 21.4. The quantitative estimate of drug-likeness (QED) is 0.222. The molecule has 1 aliphatic heterocycles. The van der Waals surface area contributed by atoms with Gasteiger partial charge >= 0.3 is 0 Å². The molecule has 1 atom stereocenters. The first-order valence-corrected chi connectivity index (χ1v) is 13.3. The van der Waals surface area contributed by atoms with Crippen molar-refractivity contribution in [3.05, 3.63) is 77.9 Å². The minimum absolute atomic E-state index is 0.283. The standard InChI is InChI=1S/C29H28N2O5S/c1-2-8-19-17-20(26-23-11-3-4-12-25(23)36-31-26)13-14-24(19)35-16-6-5-15-34-22-10-7-9-21(18-22)27-28(32)30-29(33)37-27/h3-4,7,9-14,17-18,27H,2,5-6,8,15-16H2,1H3,(H,30,32,33). The van der Waals surface area contributed by atoms with Gasteiger partial charge in [-0.1, -0.05) is 42.8 Å². The second-order valence-corrected chi connectivity index (χ2v) is 9.93. The highest BCUT2D eigenvalue weighted by atomic mass is 32.2. The molecule has 8 heteroatoms. The third kappa shape index (κ3) is 5.80. The molecule has 0 spiro atoms. The van der Waals surface area contributed by atoms with E-state index in [-0.39, 0.29) is 11.1 Å². The Hall–Kier alpha value is -3.78. The van der Waals surface area contributed by atoms with Crippen LogP contribution in [-0.2, 0) is 11.2 Å². The molecule has 2 amide bonds. The van der Waals surface area contributed by atoms with E-state index in [4.69, 9.17) is 14.0 Å². The van der Waals surface area contributed by atoms with Gasteiger partial charge in [0.05, 0.1) is 13.2 Å². The van der Waals surface area contributed by atoms with Gasteiger partial charge in [0.1, 0.15) is 22.4 Å². The number of unbranched alkanes of at least 4 members (excludes halogenated alkanes) is 1. The molecule has 5 rings (SSSR count). The molecule has 1 unspecified atom stereocenters. The first-order chi connectivity index (χ1) is 18.1. The Bertz CT molecular complexity index is 1420. The van der Waals surface area contributed by atoms with Crippen molar-refractivity contribution in [2.75, 3.05) is 13.2 Å². The average molecular weight is 517 g/mol. The first kappa shape index (κ1) is 24.9. The Morgan fingerprint density at radius 2 is 1.81 bits per heavy atom. The van der Waals surface area contributed by atoms with E-state index in [9.17, 15) is 9.59 Å². The first-order valence-electron chi connectivity index (χ1n) is 12.5. The van der Waals surface area contributed by atoms with Crippen LogP contribution in [-0.4, -0.2) is 29.5 Å². The van der Waals surface area contributed by atoms with E-state index in [1.165, 1.54) is 0 Å². The average Bonchev–Trinajstić information content (AvgIpc) is 3.49. The number of fused-ring (bicyclic) bond motifs is 1. The van der Waals surface area contributed by atoms with Crippen molar-refractivity contribution in [3.63, 3.8) is 0 Å². The second kappa shape index (κ2) is 11.5. The van der Waals surface area contributed by atoms with E-state index in [0.717, 1.165) is 76.5 Å². The fourth-order valence-corrected chi connectivity index (χ4v) is 5.17. The number of rotatable bonds is 11. The summed E-state index contributed by atoms with van der Waals surface area (Å²) >= 11 is 0.993. The topological polar surface area (TPSA) is 90.7 Å². The summed E-state index contributed by atoms with van der Waals surface area (Å²) in [6, 6.07) is 21.4. The van der Waals surface area contributed by atoms with Crippen molar-refractivity contribution in [2.24, 2.45) is 0 Å². The molecule has 0 radical (unpaired) electrons. The smallest absolute Gasteiger partial charge is 0.286 e. The molecule has 1 aliphatic rings. The maximum atomic E-state index is 11.9. The molecule has 1 saturated heterocycles. The number of aryl methyl sites for hydroxylation is 1. The highest BCUT2D eigenvalue weighted by Gasteiger charge is 2.33. The lowest BCUT2D eigenvalue weighted by molar-refractivity contribution is -0.119. The van der Waals surface area contributed by atoms with Gasteiger partial charge in [-0.25, -0.2) is 0 Å². The van der Waals surface area contributed by atoms with Gasteiger partial charge in [0.25, 0.3) is 5.24 Å². The van der Waals surface area contributed by atoms with E-state index in [1.54, 1.807) is 0 Å². The van der Waals surface area contributed by atoms with Crippen LogP contribution in [0.4, 0.5) is 4.79 Å². The van der Waals surface area contributed by atoms with E-state index >= 15 is 0 Å². The lowest BCUT2D eigenvalue weighted by Crippen LogP contribution is -2.20. The number of hydrogen-bond acceptors (Lipinski definition) is 7. The van der Waals surface area contributed by atoms with Crippen molar-refractivity contribution < 1.29 is 23.6 Å². The molecule has 37 heavy (non-hydrogen) atoms. The number of ether oxygens (including phenoxy) is 2. The molecule has 3 aromatic carbocycles. The Kier molecular flexibility index (Phi) is 7.75. The van der Waals surface area contributed by atoms with Crippen molar-refractivity contribution in [1.82, 2.24) is 10.5 Å². The number of imide groups is 1. The van der Waals surface area contributed by atoms with Crippen LogP contribution >= 0.6 is 11.8 Å². The largest absolute Gasteiger partial charge is 0.494 e. The van der Waals surface area contributed by atoms with Crippen LogP contribution in [0.15, 0.2) is 71.3 Å². The Balaban J connectivity index is 1.13. The van der Waals surface area contributed by atoms with E-state index in [2.05, 4.69) is 23.5 Å². The van der Waals surface area contributed by atoms with Gasteiger partial charge < -0.3 is 14.0 Å². The summed E-state index contributed by atoms with van der Waals surface area (Å²) in [4.78, 5) is 23.4. The molecule has 0 bridgehead atoms. The van der Waals surface area contributed by atoms with Crippen LogP contribution in [0.25, 0.3) is 22.2 Å². The Morgan fingerprint density at radius 3 is 2.62 bits per heavy atom. The van der Waals surface area contributed by atoms with Crippen LogP contribution in [0.1, 0.15) is 42.6 Å². The molecule has 0 saturated carbocycles. The molecule has 1 N–H and O–H groups in total. The molecule has 7 nitrogen and oxygen atoms in total. The third-order valence-electron chi connectivity index (χ3n) is 6.14. The van der Waals surface area contributed by atoms with Gasteiger partial charge in [0.2, 0.25) is 5.91 Å². The maximum absolute atomic E-state index is 11.9. The summed E-state index contributed by atoms with van der Waals surface area (Å²) in [7, 11) is 0. The summed E-state index contributed by atoms with van der Waals surface area (Å²) in [6.45, 7) is 3.28. The number of aromatic nitrogens is 1. The number of para-hydroxylation sites is 1. The molecule has 0 aliphatic carbocycles. The molecular weight excluding hydrogens is 488 g/mol. The van der Waals surface area contributed by atoms with Gasteiger partial charge in [-0.3, -0.25) is 14.9 Å². The van der Waals surface area contributed by atoms with Crippen LogP contribution in [0.3, 0.4) is 0 Å². The summed E-state index contributed by atoms with van der Waals surface area (Å²) in [6.07, 6.45) is 3.60. The SMILES string of the molecule is CCCc1cc(-c2noc3ccccc23)ccc1OCCCCOc1cccc(C2SC(=O)NC2=O)c1. The van der Waals surface area contributed by atoms with Crippen molar-refractivity contribution in [1.29, 1.82) is 0 Å². The van der Waals surface area contributed by atoms with Gasteiger partial charge in [0.15, 0.2) is 5.58 Å². The van der Waals surface area contributed by atoms with E-state index in [0.29, 0.717) is 19.0 Å². The van der Waals surface area contributed by atoms with Gasteiger partial charge in [-0.2, -0.15) is 0 Å². The fourth-order valence-electron chi connectivity index (χ4n) is 4.35. The van der Waals surface area contributed by atoms with Crippen LogP contribution < -0.4 is 14.8 Å². The van der Waals surface area contributed by atoms with Gasteiger partial charge in [0, 0.05) is 10.9 Å². The van der Waals surface area contributed by atoms with E-state index in [1.807, 2.05) is 60.7 Å². The number of carbonyl (C=O) groups excluding carboxylic acids is 2. The molecule has 1 aromatic heterocycles. The third-order valence-corrected chi connectivity index (χ3v) is 7.18. The van der Waals surface area contributed by atoms with Gasteiger partial charge in [-0.05, 0) is 84.6 Å². The number of carbonyl (C=O) groups is 2. The number of nitrogens with zero attached hydrogens (tertiary/aromatic N) is 1. The van der Waals surface area contributed by atoms with Crippen molar-refractivity contribution in [2.45, 2.75) is 37.9 Å². The number of thioether (sulfide) groups is 1. The minimum Gasteiger partial charge on any atom is -0.494 e. The number of benzene rings is 3. The molecule has 4 aromatic rings. The van der Waals surface area contributed by atoms with Gasteiger partial charge in [-0.15, -0.1) is 0 Å². The van der Waals surface area contributed by atoms with Crippen molar-refractivity contribution >= 4 is 33.9 Å². The zero-order valence-electron chi connectivity index (χ0n) is 20.6. The summed E-state index contributed by atoms with van der Waals surface area (Å²) in [5.41, 5.74) is 4.57. The lowest BCUT2D eigenvalue weighted by atomic mass is 10.0. The second-order valence-electron chi connectivity index (χ2n) is 8.85. The predicted octanol–water partition coefficient (Wildman–Crippen LogP) is 6.71. The maximum Gasteiger partial charge on any atom is 0.286 e. The normalized spacial score (nSPS) is 15.2. The molecule has 2 heterocycles. The molecule has 190 valence electrons. The molecular formula is C29H28N2O5S. The highest BCUT2D eigenvalue weighted by Crippen LogP contribution is 2.35.